The fourth-order valence-electron chi connectivity index (χ4n) is 3.46. The molecule has 158 valence electrons. The van der Waals surface area contributed by atoms with Gasteiger partial charge in [-0.15, -0.1) is 0 Å². The van der Waals surface area contributed by atoms with Crippen molar-refractivity contribution >= 4 is 23.2 Å². The fourth-order valence-corrected chi connectivity index (χ4v) is 3.70. The summed E-state index contributed by atoms with van der Waals surface area (Å²) in [5.41, 5.74) is -0.325. The van der Waals surface area contributed by atoms with Crippen molar-refractivity contribution in [3.63, 3.8) is 0 Å². The third-order valence-electron chi connectivity index (χ3n) is 5.45. The normalized spacial score (nSPS) is 17.0. The number of ether oxygens (including phenoxy) is 3. The summed E-state index contributed by atoms with van der Waals surface area (Å²) in [6.07, 6.45) is 6.60. The second-order valence-electron chi connectivity index (χ2n) is 8.00. The van der Waals surface area contributed by atoms with Gasteiger partial charge in [-0.05, 0) is 51.8 Å². The number of methoxy groups -OCH3 is 1. The Labute approximate surface area is 174 Å². The van der Waals surface area contributed by atoms with Gasteiger partial charge in [0.15, 0.2) is 0 Å². The predicted molar refractivity (Wildman–Crippen MR) is 113 cm³/mol. The number of anilines is 1. The van der Waals surface area contributed by atoms with Gasteiger partial charge in [-0.1, -0.05) is 37.3 Å². The largest absolute Gasteiger partial charge is 0.492 e. The highest BCUT2D eigenvalue weighted by atomic mass is 35.5. The van der Waals surface area contributed by atoms with Crippen LogP contribution in [0.4, 0.5) is 5.69 Å². The highest BCUT2D eigenvalue weighted by Crippen LogP contribution is 2.33. The third kappa shape index (κ3) is 6.36. The zero-order chi connectivity index (χ0) is 20.6. The van der Waals surface area contributed by atoms with Gasteiger partial charge >= 0.3 is 0 Å². The first kappa shape index (κ1) is 23.0. The van der Waals surface area contributed by atoms with Crippen LogP contribution in [0.25, 0.3) is 0 Å². The molecule has 0 atom stereocenters. The van der Waals surface area contributed by atoms with Crippen molar-refractivity contribution in [2.45, 2.75) is 76.9 Å². The number of benzene rings is 1. The first-order valence-corrected chi connectivity index (χ1v) is 10.6. The molecule has 1 amide bonds. The Morgan fingerprint density at radius 3 is 2.46 bits per heavy atom. The van der Waals surface area contributed by atoms with Crippen molar-refractivity contribution in [1.29, 1.82) is 0 Å². The number of carbonyl (C=O) groups is 1. The van der Waals surface area contributed by atoms with E-state index >= 15 is 0 Å². The molecule has 0 aromatic heterocycles. The van der Waals surface area contributed by atoms with Gasteiger partial charge in [0, 0.05) is 25.8 Å². The van der Waals surface area contributed by atoms with Crippen LogP contribution < -0.4 is 10.1 Å². The molecule has 1 aromatic carbocycles. The summed E-state index contributed by atoms with van der Waals surface area (Å²) in [5, 5.41) is 3.47. The lowest BCUT2D eigenvalue weighted by atomic mass is 9.93. The zero-order valence-electron chi connectivity index (χ0n) is 17.6. The molecule has 1 aromatic rings. The lowest BCUT2D eigenvalue weighted by Crippen LogP contribution is -2.45. The van der Waals surface area contributed by atoms with Gasteiger partial charge in [0.2, 0.25) is 0 Å². The second-order valence-corrected chi connectivity index (χ2v) is 8.41. The van der Waals surface area contributed by atoms with Crippen molar-refractivity contribution in [3.05, 3.63) is 23.2 Å². The molecule has 1 N–H and O–H groups in total. The molecule has 1 saturated carbocycles. The highest BCUT2D eigenvalue weighted by molar-refractivity contribution is 6.32. The minimum atomic E-state index is -0.737. The van der Waals surface area contributed by atoms with Crippen LogP contribution in [0.5, 0.6) is 5.75 Å². The molecule has 0 bridgehead atoms. The standard InChI is InChI=1S/C22H34ClNO4/c1-5-28-22(12-8-6-7-9-13-22)20(25)24-17-10-11-19(18(23)16-17)27-15-14-21(2,3)26-4/h10-11,16H,5-9,12-15H2,1-4H3,(H,24,25). The molecular weight excluding hydrogens is 378 g/mol. The molecule has 6 heteroatoms. The fraction of sp³-hybridized carbons (Fsp3) is 0.682. The molecule has 28 heavy (non-hydrogen) atoms. The monoisotopic (exact) mass is 411 g/mol. The topological polar surface area (TPSA) is 56.8 Å². The number of halogens is 1. The van der Waals surface area contributed by atoms with Crippen LogP contribution >= 0.6 is 11.6 Å². The van der Waals surface area contributed by atoms with E-state index in [1.807, 2.05) is 26.8 Å². The molecule has 0 unspecified atom stereocenters. The summed E-state index contributed by atoms with van der Waals surface area (Å²) in [4.78, 5) is 13.0. The number of carbonyl (C=O) groups excluding carboxylic acids is 1. The number of hydrogen-bond donors (Lipinski definition) is 1. The van der Waals surface area contributed by atoms with E-state index in [0.717, 1.165) is 44.9 Å². The molecule has 0 spiro atoms. The molecule has 1 aliphatic rings. The van der Waals surface area contributed by atoms with Gasteiger partial charge in [-0.25, -0.2) is 0 Å². The Morgan fingerprint density at radius 2 is 1.89 bits per heavy atom. The van der Waals surface area contributed by atoms with Crippen LogP contribution in [0.2, 0.25) is 5.02 Å². The van der Waals surface area contributed by atoms with Crippen LogP contribution in [-0.4, -0.2) is 37.4 Å². The Bertz CT molecular complexity index is 639. The third-order valence-corrected chi connectivity index (χ3v) is 5.75. The van der Waals surface area contributed by atoms with Crippen molar-refractivity contribution in [3.8, 4) is 5.75 Å². The van der Waals surface area contributed by atoms with Gasteiger partial charge in [-0.2, -0.15) is 0 Å². The van der Waals surface area contributed by atoms with Gasteiger partial charge < -0.3 is 19.5 Å². The van der Waals surface area contributed by atoms with E-state index in [1.54, 1.807) is 19.2 Å². The van der Waals surface area contributed by atoms with Crippen molar-refractivity contribution in [1.82, 2.24) is 0 Å². The van der Waals surface area contributed by atoms with Crippen LogP contribution in [0.1, 0.15) is 65.7 Å². The van der Waals surface area contributed by atoms with Crippen LogP contribution in [0.15, 0.2) is 18.2 Å². The molecule has 0 heterocycles. The van der Waals surface area contributed by atoms with E-state index in [1.165, 1.54) is 0 Å². The highest BCUT2D eigenvalue weighted by Gasteiger charge is 2.39. The molecule has 0 saturated heterocycles. The molecular formula is C22H34ClNO4. The smallest absolute Gasteiger partial charge is 0.256 e. The van der Waals surface area contributed by atoms with E-state index in [4.69, 9.17) is 25.8 Å². The van der Waals surface area contributed by atoms with E-state index in [-0.39, 0.29) is 11.5 Å². The summed E-state index contributed by atoms with van der Waals surface area (Å²) in [7, 11) is 1.69. The molecule has 1 fully saturated rings. The quantitative estimate of drug-likeness (QED) is 0.537. The number of nitrogens with one attached hydrogen (secondary N) is 1. The average Bonchev–Trinajstić information content (AvgIpc) is 2.90. The molecule has 0 aliphatic heterocycles. The average molecular weight is 412 g/mol. The van der Waals surface area contributed by atoms with E-state index in [9.17, 15) is 4.79 Å². The number of amides is 1. The lowest BCUT2D eigenvalue weighted by Gasteiger charge is -2.31. The second kappa shape index (κ2) is 10.5. The Kier molecular flexibility index (Phi) is 8.59. The van der Waals surface area contributed by atoms with Crippen LogP contribution in [0, 0.1) is 0 Å². The van der Waals surface area contributed by atoms with Gasteiger partial charge in [0.05, 0.1) is 17.2 Å². The first-order chi connectivity index (χ1) is 13.3. The van der Waals surface area contributed by atoms with Crippen molar-refractivity contribution in [2.24, 2.45) is 0 Å². The molecule has 1 aliphatic carbocycles. The Morgan fingerprint density at radius 1 is 1.21 bits per heavy atom. The molecule has 0 radical (unpaired) electrons. The van der Waals surface area contributed by atoms with E-state index in [0.29, 0.717) is 29.7 Å². The molecule has 2 rings (SSSR count). The maximum Gasteiger partial charge on any atom is 0.256 e. The SMILES string of the molecule is CCOC1(C(=O)Nc2ccc(OCCC(C)(C)OC)c(Cl)c2)CCCCCC1. The van der Waals surface area contributed by atoms with Crippen molar-refractivity contribution < 1.29 is 19.0 Å². The van der Waals surface area contributed by atoms with Gasteiger partial charge in [0.1, 0.15) is 11.4 Å². The van der Waals surface area contributed by atoms with Crippen LogP contribution in [0.3, 0.4) is 0 Å². The summed E-state index contributed by atoms with van der Waals surface area (Å²) < 4.78 is 17.1. The van der Waals surface area contributed by atoms with Crippen LogP contribution in [-0.2, 0) is 14.3 Å². The maximum absolute atomic E-state index is 13.0. The van der Waals surface area contributed by atoms with Gasteiger partial charge in [-0.3, -0.25) is 4.79 Å². The summed E-state index contributed by atoms with van der Waals surface area (Å²) in [6, 6.07) is 5.34. The Hall–Kier alpha value is -1.30. The summed E-state index contributed by atoms with van der Waals surface area (Å²) in [5.74, 6) is 0.517. The first-order valence-electron chi connectivity index (χ1n) is 10.2. The maximum atomic E-state index is 13.0. The van der Waals surface area contributed by atoms with Gasteiger partial charge in [0.25, 0.3) is 5.91 Å². The number of hydrogen-bond acceptors (Lipinski definition) is 4. The predicted octanol–water partition coefficient (Wildman–Crippen LogP) is 5.60. The summed E-state index contributed by atoms with van der Waals surface area (Å²) in [6.45, 7) is 6.99. The van der Waals surface area contributed by atoms with E-state index < -0.39 is 5.60 Å². The minimum Gasteiger partial charge on any atom is -0.492 e. The minimum absolute atomic E-state index is 0.0807. The lowest BCUT2D eigenvalue weighted by molar-refractivity contribution is -0.143. The molecule has 5 nitrogen and oxygen atoms in total. The number of rotatable bonds is 9. The van der Waals surface area contributed by atoms with E-state index in [2.05, 4.69) is 5.32 Å². The van der Waals surface area contributed by atoms with Crippen molar-refractivity contribution in [2.75, 3.05) is 25.6 Å². The Balaban J connectivity index is 2.01. The summed E-state index contributed by atoms with van der Waals surface area (Å²) >= 11 is 6.37. The zero-order valence-corrected chi connectivity index (χ0v) is 18.4.